The van der Waals surface area contributed by atoms with Gasteiger partial charge in [0.25, 0.3) is 0 Å². The third-order valence-corrected chi connectivity index (χ3v) is 6.57. The van der Waals surface area contributed by atoms with Gasteiger partial charge in [-0.3, -0.25) is 9.78 Å². The van der Waals surface area contributed by atoms with Crippen molar-refractivity contribution in [3.63, 3.8) is 0 Å². The van der Waals surface area contributed by atoms with Crippen molar-refractivity contribution >= 4 is 34.2 Å². The van der Waals surface area contributed by atoms with E-state index in [4.69, 9.17) is 16.7 Å². The van der Waals surface area contributed by atoms with Crippen molar-refractivity contribution in [2.75, 3.05) is 18.0 Å². The van der Waals surface area contributed by atoms with Gasteiger partial charge < -0.3 is 10.2 Å². The molecule has 0 bridgehead atoms. The Morgan fingerprint density at radius 2 is 1.97 bits per heavy atom. The number of hydrogen-bond acceptors (Lipinski definition) is 6. The first-order chi connectivity index (χ1) is 16.5. The van der Waals surface area contributed by atoms with Crippen molar-refractivity contribution in [1.82, 2.24) is 30.3 Å². The zero-order chi connectivity index (χ0) is 23.7. The summed E-state index contributed by atoms with van der Waals surface area (Å²) >= 11 is 6.07. The summed E-state index contributed by atoms with van der Waals surface area (Å²) in [6.07, 6.45) is 3.47. The van der Waals surface area contributed by atoms with Gasteiger partial charge in [0, 0.05) is 24.3 Å². The topological polar surface area (TPSA) is 88.8 Å². The van der Waals surface area contributed by atoms with Crippen molar-refractivity contribution < 1.29 is 4.79 Å². The lowest BCUT2D eigenvalue weighted by Crippen LogP contribution is -2.43. The van der Waals surface area contributed by atoms with Gasteiger partial charge >= 0.3 is 0 Å². The summed E-state index contributed by atoms with van der Waals surface area (Å²) in [6.45, 7) is 5.80. The maximum Gasteiger partial charge on any atom is 0.225 e. The number of piperidine rings is 1. The van der Waals surface area contributed by atoms with Crippen LogP contribution in [0.15, 0.2) is 48.7 Å². The molecule has 0 spiro atoms. The first-order valence-electron chi connectivity index (χ1n) is 11.4. The van der Waals surface area contributed by atoms with Crippen LogP contribution in [-0.2, 0) is 11.3 Å². The average Bonchev–Trinajstić information content (AvgIpc) is 3.22. The number of carbonyl (C=O) groups excluding carboxylic acids is 1. The molecule has 1 aliphatic heterocycles. The Morgan fingerprint density at radius 3 is 2.74 bits per heavy atom. The van der Waals surface area contributed by atoms with Crippen molar-refractivity contribution in [2.45, 2.75) is 33.2 Å². The number of aryl methyl sites for hydroxylation is 2. The molecule has 4 heterocycles. The van der Waals surface area contributed by atoms with Gasteiger partial charge in [0.2, 0.25) is 5.91 Å². The zero-order valence-corrected chi connectivity index (χ0v) is 20.0. The van der Waals surface area contributed by atoms with E-state index in [9.17, 15) is 4.79 Å². The van der Waals surface area contributed by atoms with E-state index in [1.54, 1.807) is 6.20 Å². The number of carbonyl (C=O) groups is 1. The monoisotopic (exact) mass is 475 g/mol. The van der Waals surface area contributed by atoms with E-state index in [0.717, 1.165) is 58.9 Å². The maximum atomic E-state index is 12.9. The molecule has 174 valence electrons. The number of halogens is 1. The number of benzene rings is 1. The van der Waals surface area contributed by atoms with Crippen LogP contribution in [0.25, 0.3) is 16.6 Å². The molecule has 3 aromatic heterocycles. The van der Waals surface area contributed by atoms with E-state index in [2.05, 4.69) is 25.4 Å². The number of hydrogen-bond donors (Lipinski definition) is 1. The van der Waals surface area contributed by atoms with Crippen LogP contribution in [0.4, 0.5) is 5.82 Å². The van der Waals surface area contributed by atoms with Crippen LogP contribution in [0.1, 0.15) is 29.9 Å². The van der Waals surface area contributed by atoms with Crippen molar-refractivity contribution in [1.29, 1.82) is 0 Å². The molecule has 34 heavy (non-hydrogen) atoms. The molecular formula is C25H26ClN7O. The van der Waals surface area contributed by atoms with Crippen LogP contribution in [0.5, 0.6) is 0 Å². The molecule has 1 saturated heterocycles. The number of aromatic nitrogens is 5. The number of amides is 1. The van der Waals surface area contributed by atoms with Crippen LogP contribution in [0.2, 0.25) is 5.02 Å². The van der Waals surface area contributed by atoms with Crippen LogP contribution < -0.4 is 10.2 Å². The van der Waals surface area contributed by atoms with E-state index in [0.29, 0.717) is 18.1 Å². The summed E-state index contributed by atoms with van der Waals surface area (Å²) in [7, 11) is 0. The molecule has 8 nitrogen and oxygen atoms in total. The number of anilines is 1. The third-order valence-electron chi connectivity index (χ3n) is 6.32. The average molecular weight is 476 g/mol. The molecule has 1 N–H and O–H groups in total. The number of nitrogens with one attached hydrogen (secondary N) is 1. The number of rotatable bonds is 5. The third kappa shape index (κ3) is 4.33. The maximum absolute atomic E-state index is 12.9. The van der Waals surface area contributed by atoms with Gasteiger partial charge in [-0.05, 0) is 63.1 Å². The predicted molar refractivity (Wildman–Crippen MR) is 132 cm³/mol. The molecule has 4 aromatic rings. The Kier molecular flexibility index (Phi) is 6.15. The molecule has 1 amide bonds. The summed E-state index contributed by atoms with van der Waals surface area (Å²) < 4.78 is 1.90. The van der Waals surface area contributed by atoms with Gasteiger partial charge in [-0.1, -0.05) is 17.7 Å². The summed E-state index contributed by atoms with van der Waals surface area (Å²) in [5.74, 6) is 0.628. The smallest absolute Gasteiger partial charge is 0.225 e. The van der Waals surface area contributed by atoms with E-state index < -0.39 is 0 Å². The van der Waals surface area contributed by atoms with E-state index in [1.807, 2.05) is 61.0 Å². The summed E-state index contributed by atoms with van der Waals surface area (Å²) in [6, 6.07) is 13.3. The molecule has 1 aromatic carbocycles. The minimum Gasteiger partial charge on any atom is -0.352 e. The molecule has 0 saturated carbocycles. The van der Waals surface area contributed by atoms with Crippen molar-refractivity contribution in [2.24, 2.45) is 5.92 Å². The van der Waals surface area contributed by atoms with Gasteiger partial charge in [-0.2, -0.15) is 10.2 Å². The normalized spacial score (nSPS) is 16.1. The van der Waals surface area contributed by atoms with Crippen LogP contribution in [0.3, 0.4) is 0 Å². The molecule has 0 aliphatic carbocycles. The molecule has 0 unspecified atom stereocenters. The quantitative estimate of drug-likeness (QED) is 0.469. The first kappa shape index (κ1) is 22.3. The van der Waals surface area contributed by atoms with E-state index in [1.165, 1.54) is 0 Å². The second-order valence-electron chi connectivity index (χ2n) is 8.63. The number of pyridine rings is 1. The fourth-order valence-corrected chi connectivity index (χ4v) is 4.69. The number of fused-ring (bicyclic) bond motifs is 1. The van der Waals surface area contributed by atoms with Gasteiger partial charge in [0.05, 0.1) is 40.6 Å². The van der Waals surface area contributed by atoms with Crippen LogP contribution in [0, 0.1) is 19.8 Å². The Bertz CT molecular complexity index is 1320. The Hall–Kier alpha value is -3.52. The molecule has 5 rings (SSSR count). The summed E-state index contributed by atoms with van der Waals surface area (Å²) in [5, 5.41) is 18.6. The lowest BCUT2D eigenvalue weighted by molar-refractivity contribution is -0.125. The Balaban J connectivity index is 1.41. The molecule has 1 aliphatic rings. The first-order valence-corrected chi connectivity index (χ1v) is 11.8. The second-order valence-corrected chi connectivity index (χ2v) is 9.07. The highest BCUT2D eigenvalue weighted by atomic mass is 35.5. The minimum absolute atomic E-state index is 0.0366. The predicted octanol–water partition coefficient (Wildman–Crippen LogP) is 4.01. The van der Waals surface area contributed by atoms with Gasteiger partial charge in [0.1, 0.15) is 5.52 Å². The lowest BCUT2D eigenvalue weighted by atomic mass is 9.97. The Labute approximate surface area is 203 Å². The standard InChI is InChI=1S/C25H26ClN7O/c1-16-22-17(2)33(21-10-8-19(26)9-11-21)31-23(22)24(30-29-16)32-13-5-6-18(15-32)25(34)28-14-20-7-3-4-12-27-20/h3-4,7-12,18H,5-6,13-15H2,1-2H3,(H,28,34)/t18-/m0/s1. The number of nitrogens with zero attached hydrogens (tertiary/aromatic N) is 6. The van der Waals surface area contributed by atoms with E-state index >= 15 is 0 Å². The zero-order valence-electron chi connectivity index (χ0n) is 19.2. The van der Waals surface area contributed by atoms with Gasteiger partial charge in [-0.25, -0.2) is 4.68 Å². The molecule has 9 heteroatoms. The second kappa shape index (κ2) is 9.38. The van der Waals surface area contributed by atoms with E-state index in [-0.39, 0.29) is 11.8 Å². The largest absolute Gasteiger partial charge is 0.352 e. The lowest BCUT2D eigenvalue weighted by Gasteiger charge is -2.32. The highest BCUT2D eigenvalue weighted by molar-refractivity contribution is 6.30. The highest BCUT2D eigenvalue weighted by Crippen LogP contribution is 2.31. The molecule has 1 atom stereocenters. The fraction of sp³-hybridized carbons (Fsp3) is 0.320. The summed E-state index contributed by atoms with van der Waals surface area (Å²) in [4.78, 5) is 19.3. The van der Waals surface area contributed by atoms with Crippen LogP contribution >= 0.6 is 11.6 Å². The fourth-order valence-electron chi connectivity index (χ4n) is 4.57. The van der Waals surface area contributed by atoms with Crippen molar-refractivity contribution in [3.05, 3.63) is 70.8 Å². The molecule has 0 radical (unpaired) electrons. The molecular weight excluding hydrogens is 450 g/mol. The molecule has 1 fully saturated rings. The SMILES string of the molecule is Cc1nnc(N2CCC[C@H](C(=O)NCc3ccccn3)C2)c2nn(-c3ccc(Cl)cc3)c(C)c12. The van der Waals surface area contributed by atoms with Gasteiger partial charge in [0.15, 0.2) is 5.82 Å². The van der Waals surface area contributed by atoms with Crippen LogP contribution in [-0.4, -0.2) is 44.0 Å². The van der Waals surface area contributed by atoms with Gasteiger partial charge in [-0.15, -0.1) is 5.10 Å². The Morgan fingerprint density at radius 1 is 1.15 bits per heavy atom. The van der Waals surface area contributed by atoms with Crippen molar-refractivity contribution in [3.8, 4) is 5.69 Å². The highest BCUT2D eigenvalue weighted by Gasteiger charge is 2.29. The minimum atomic E-state index is -0.130. The summed E-state index contributed by atoms with van der Waals surface area (Å²) in [5.41, 5.74) is 4.40.